The average molecular weight is 614 g/mol. The summed E-state index contributed by atoms with van der Waals surface area (Å²) in [6.45, 7) is 0.381. The number of sulfonamides is 1. The number of fused-ring (bicyclic) bond motifs is 5. The molecule has 4 aromatic carbocycles. The standard InChI is InChI=1S/C34H35N3O6S/c38-33(31-15-14-29-19-32(31)37-44(40,41)30-11-4-6-23(16-30)21-42-29)20-35-27-10-5-7-24-12-13-28(18-25(24)17-27)43-22-34(39)36-26-8-2-1-3-9-26/h1-4,6,8-9,11-16,18-19,27,33,35,37-38H,5,7,10,17,20-22H2,(H,36,39)/t27?,33-/m0/s1. The number of carbonyl (C=O) groups excluding carboxylic acids is 1. The van der Waals surface area contributed by atoms with Crippen molar-refractivity contribution in [2.24, 2.45) is 0 Å². The van der Waals surface area contributed by atoms with Gasteiger partial charge in [0.2, 0.25) is 0 Å². The zero-order valence-electron chi connectivity index (χ0n) is 24.2. The Morgan fingerprint density at radius 2 is 1.86 bits per heavy atom. The molecule has 4 N–H and O–H groups in total. The number of para-hydroxylation sites is 1. The monoisotopic (exact) mass is 613 g/mol. The quantitative estimate of drug-likeness (QED) is 0.207. The molecular weight excluding hydrogens is 578 g/mol. The van der Waals surface area contributed by atoms with E-state index in [9.17, 15) is 18.3 Å². The van der Waals surface area contributed by atoms with Crippen molar-refractivity contribution in [3.8, 4) is 11.5 Å². The SMILES string of the molecule is O=C(COc1ccc2c(c1)CC(NC[C@H](O)c1ccc3cc1NS(=O)(=O)c1cccc(c1)CO3)CCC2)Nc1ccccc1. The van der Waals surface area contributed by atoms with Crippen molar-refractivity contribution in [3.63, 3.8) is 0 Å². The molecule has 228 valence electrons. The average Bonchev–Trinajstić information content (AvgIpc) is 3.23. The minimum atomic E-state index is -3.85. The molecule has 0 aromatic heterocycles. The number of rotatable bonds is 8. The number of aliphatic hydroxyl groups excluding tert-OH is 1. The number of hydrogen-bond acceptors (Lipinski definition) is 7. The summed E-state index contributed by atoms with van der Waals surface area (Å²) in [4.78, 5) is 12.5. The molecule has 4 aromatic rings. The van der Waals surface area contributed by atoms with Crippen LogP contribution >= 0.6 is 0 Å². The Kier molecular flexibility index (Phi) is 8.83. The number of amides is 1. The van der Waals surface area contributed by atoms with E-state index in [-0.39, 0.29) is 42.3 Å². The third-order valence-electron chi connectivity index (χ3n) is 7.91. The highest BCUT2D eigenvalue weighted by atomic mass is 32.2. The fourth-order valence-electron chi connectivity index (χ4n) is 5.64. The van der Waals surface area contributed by atoms with Gasteiger partial charge in [0, 0.05) is 29.9 Å². The Hall–Kier alpha value is -4.38. The van der Waals surface area contributed by atoms with Crippen LogP contribution in [0.4, 0.5) is 11.4 Å². The van der Waals surface area contributed by atoms with Crippen LogP contribution in [0.1, 0.15) is 41.2 Å². The summed E-state index contributed by atoms with van der Waals surface area (Å²) in [6, 6.07) is 27.0. The summed E-state index contributed by atoms with van der Waals surface area (Å²) in [5.74, 6) is 0.909. The second-order valence-electron chi connectivity index (χ2n) is 11.1. The number of benzene rings is 4. The first kappa shape index (κ1) is 29.7. The lowest BCUT2D eigenvalue weighted by Crippen LogP contribution is -2.34. The first-order valence-corrected chi connectivity index (χ1v) is 16.2. The summed E-state index contributed by atoms with van der Waals surface area (Å²) in [6.07, 6.45) is 2.60. The van der Waals surface area contributed by atoms with Gasteiger partial charge in [-0.25, -0.2) is 8.42 Å². The van der Waals surface area contributed by atoms with Crippen LogP contribution < -0.4 is 24.8 Å². The van der Waals surface area contributed by atoms with Gasteiger partial charge in [0.05, 0.1) is 16.7 Å². The molecule has 10 heteroatoms. The minimum Gasteiger partial charge on any atom is -0.489 e. The first-order chi connectivity index (χ1) is 21.3. The van der Waals surface area contributed by atoms with Gasteiger partial charge in [-0.1, -0.05) is 42.5 Å². The van der Waals surface area contributed by atoms with Crippen LogP contribution in [0.15, 0.2) is 95.9 Å². The van der Waals surface area contributed by atoms with E-state index in [1.165, 1.54) is 11.6 Å². The topological polar surface area (TPSA) is 126 Å². The van der Waals surface area contributed by atoms with Gasteiger partial charge >= 0.3 is 0 Å². The highest BCUT2D eigenvalue weighted by Gasteiger charge is 2.23. The first-order valence-electron chi connectivity index (χ1n) is 14.7. The Bertz CT molecular complexity index is 1750. The number of anilines is 2. The van der Waals surface area contributed by atoms with E-state index in [0.717, 1.165) is 42.5 Å². The third-order valence-corrected chi connectivity index (χ3v) is 9.28. The molecule has 6 rings (SSSR count). The number of aryl methyl sites for hydroxylation is 1. The lowest BCUT2D eigenvalue weighted by molar-refractivity contribution is -0.118. The van der Waals surface area contributed by atoms with Crippen LogP contribution in [0.2, 0.25) is 0 Å². The molecule has 2 atom stereocenters. The van der Waals surface area contributed by atoms with E-state index in [1.807, 2.05) is 48.5 Å². The summed E-state index contributed by atoms with van der Waals surface area (Å²) in [5.41, 5.74) is 4.60. The van der Waals surface area contributed by atoms with Crippen molar-refractivity contribution in [2.45, 2.75) is 49.3 Å². The maximum Gasteiger partial charge on any atom is 0.262 e. The van der Waals surface area contributed by atoms with Crippen molar-refractivity contribution in [1.82, 2.24) is 5.32 Å². The van der Waals surface area contributed by atoms with E-state index in [2.05, 4.69) is 21.4 Å². The molecule has 1 unspecified atom stereocenters. The zero-order chi connectivity index (χ0) is 30.5. The Balaban J connectivity index is 1.09. The van der Waals surface area contributed by atoms with Crippen LogP contribution in [0.3, 0.4) is 0 Å². The number of nitrogens with one attached hydrogen (secondary N) is 3. The van der Waals surface area contributed by atoms with E-state index in [0.29, 0.717) is 17.1 Å². The van der Waals surface area contributed by atoms with Crippen LogP contribution in [0, 0.1) is 0 Å². The molecule has 0 radical (unpaired) electrons. The molecule has 1 aliphatic heterocycles. The normalized spacial score (nSPS) is 17.5. The lowest BCUT2D eigenvalue weighted by atomic mass is 10.0. The number of ether oxygens (including phenoxy) is 2. The van der Waals surface area contributed by atoms with Crippen molar-refractivity contribution >= 4 is 27.3 Å². The van der Waals surface area contributed by atoms with Gasteiger partial charge in [0.1, 0.15) is 18.1 Å². The Morgan fingerprint density at radius 3 is 2.73 bits per heavy atom. The molecule has 0 saturated heterocycles. The second kappa shape index (κ2) is 13.1. The number of carbonyl (C=O) groups is 1. The molecule has 0 saturated carbocycles. The van der Waals surface area contributed by atoms with Crippen LogP contribution in [-0.2, 0) is 34.3 Å². The zero-order valence-corrected chi connectivity index (χ0v) is 25.0. The Labute approximate surface area is 257 Å². The van der Waals surface area contributed by atoms with Crippen molar-refractivity contribution in [3.05, 3.63) is 113 Å². The van der Waals surface area contributed by atoms with Gasteiger partial charge in [0.15, 0.2) is 6.61 Å². The van der Waals surface area contributed by atoms with Gasteiger partial charge < -0.3 is 25.2 Å². The summed E-state index contributed by atoms with van der Waals surface area (Å²) < 4.78 is 40.6. The molecule has 44 heavy (non-hydrogen) atoms. The third kappa shape index (κ3) is 7.21. The van der Waals surface area contributed by atoms with E-state index in [1.54, 1.807) is 30.3 Å². The predicted molar refractivity (Wildman–Crippen MR) is 168 cm³/mol. The van der Waals surface area contributed by atoms with Gasteiger partial charge in [-0.2, -0.15) is 0 Å². The van der Waals surface area contributed by atoms with E-state index in [4.69, 9.17) is 9.47 Å². The molecule has 1 amide bonds. The summed E-state index contributed by atoms with van der Waals surface area (Å²) in [7, 11) is -3.85. The molecule has 0 spiro atoms. The smallest absolute Gasteiger partial charge is 0.262 e. The van der Waals surface area contributed by atoms with Crippen molar-refractivity contribution in [1.29, 1.82) is 0 Å². The maximum absolute atomic E-state index is 13.1. The maximum atomic E-state index is 13.1. The largest absolute Gasteiger partial charge is 0.489 e. The fourth-order valence-corrected chi connectivity index (χ4v) is 6.79. The van der Waals surface area contributed by atoms with Crippen molar-refractivity contribution in [2.75, 3.05) is 23.2 Å². The van der Waals surface area contributed by atoms with Crippen molar-refractivity contribution < 1.29 is 27.8 Å². The molecule has 2 aliphatic rings. The minimum absolute atomic E-state index is 0.0943. The molecule has 0 fully saturated rings. The molecule has 4 bridgehead atoms. The van der Waals surface area contributed by atoms with E-state index < -0.39 is 16.1 Å². The van der Waals surface area contributed by atoms with Crippen LogP contribution in [-0.4, -0.2) is 38.6 Å². The van der Waals surface area contributed by atoms with Gasteiger partial charge in [-0.15, -0.1) is 0 Å². The van der Waals surface area contributed by atoms with Gasteiger partial charge in [-0.3, -0.25) is 9.52 Å². The second-order valence-corrected chi connectivity index (χ2v) is 12.8. The van der Waals surface area contributed by atoms with E-state index >= 15 is 0 Å². The Morgan fingerprint density at radius 1 is 1.00 bits per heavy atom. The summed E-state index contributed by atoms with van der Waals surface area (Å²) >= 11 is 0. The van der Waals surface area contributed by atoms with Crippen LogP contribution in [0.25, 0.3) is 0 Å². The highest BCUT2D eigenvalue weighted by molar-refractivity contribution is 7.92. The molecule has 9 nitrogen and oxygen atoms in total. The van der Waals surface area contributed by atoms with Gasteiger partial charge in [-0.05, 0) is 84.8 Å². The van der Waals surface area contributed by atoms with Crippen LogP contribution in [0.5, 0.6) is 11.5 Å². The molecular formula is C34H35N3O6S. The number of hydrogen-bond donors (Lipinski definition) is 4. The lowest BCUT2D eigenvalue weighted by Gasteiger charge is -2.23. The number of aliphatic hydroxyl groups is 1. The molecule has 1 aliphatic carbocycles. The highest BCUT2D eigenvalue weighted by Crippen LogP contribution is 2.32. The predicted octanol–water partition coefficient (Wildman–Crippen LogP) is 4.97. The molecule has 1 heterocycles. The summed E-state index contributed by atoms with van der Waals surface area (Å²) in [5, 5.41) is 17.5. The van der Waals surface area contributed by atoms with Gasteiger partial charge in [0.25, 0.3) is 15.9 Å². The fraction of sp³-hybridized carbons (Fsp3) is 0.265.